The first-order valence-electron chi connectivity index (χ1n) is 9.33. The van der Waals surface area contributed by atoms with Crippen molar-refractivity contribution in [2.75, 3.05) is 31.1 Å². The zero-order valence-corrected chi connectivity index (χ0v) is 15.8. The van der Waals surface area contributed by atoms with Crippen molar-refractivity contribution in [3.8, 4) is 0 Å². The molecule has 7 heteroatoms. The van der Waals surface area contributed by atoms with Gasteiger partial charge in [-0.15, -0.1) is 0 Å². The van der Waals surface area contributed by atoms with Gasteiger partial charge in [0.2, 0.25) is 5.91 Å². The Kier molecular flexibility index (Phi) is 4.75. The Balaban J connectivity index is 1.35. The number of carbonyl (C=O) groups excluding carboxylic acids is 1. The van der Waals surface area contributed by atoms with Crippen LogP contribution in [0.5, 0.6) is 0 Å². The standard InChI is InChI=1S/C20H24N6O/c1-15-3-5-16(6-4-15)7-8-18(27)25-9-11-26(12-10-25)20-17-13-23-24(2)19(17)21-14-22-20/h3-6,13-14H,7-12H2,1-2H3. The fraction of sp³-hybridized carbons (Fsp3) is 0.400. The Labute approximate surface area is 158 Å². The van der Waals surface area contributed by atoms with Gasteiger partial charge in [-0.25, -0.2) is 9.97 Å². The van der Waals surface area contributed by atoms with Gasteiger partial charge in [-0.1, -0.05) is 29.8 Å². The van der Waals surface area contributed by atoms with Gasteiger partial charge in [-0.05, 0) is 18.9 Å². The molecule has 140 valence electrons. The van der Waals surface area contributed by atoms with Crippen LogP contribution in [0.1, 0.15) is 17.5 Å². The van der Waals surface area contributed by atoms with E-state index in [4.69, 9.17) is 0 Å². The third kappa shape index (κ3) is 3.63. The molecule has 1 aliphatic rings. The molecule has 3 aromatic rings. The molecule has 1 fully saturated rings. The summed E-state index contributed by atoms with van der Waals surface area (Å²) in [4.78, 5) is 25.5. The lowest BCUT2D eigenvalue weighted by molar-refractivity contribution is -0.131. The second kappa shape index (κ2) is 7.34. The normalized spacial score (nSPS) is 14.7. The molecule has 0 aliphatic carbocycles. The minimum atomic E-state index is 0.226. The van der Waals surface area contributed by atoms with E-state index in [2.05, 4.69) is 51.2 Å². The molecule has 2 aromatic heterocycles. The van der Waals surface area contributed by atoms with Gasteiger partial charge in [0.25, 0.3) is 0 Å². The quantitative estimate of drug-likeness (QED) is 0.708. The van der Waals surface area contributed by atoms with Crippen LogP contribution in [0, 0.1) is 6.92 Å². The first-order chi connectivity index (χ1) is 13.1. The van der Waals surface area contributed by atoms with Gasteiger partial charge in [-0.2, -0.15) is 5.10 Å². The van der Waals surface area contributed by atoms with Gasteiger partial charge in [0.15, 0.2) is 5.65 Å². The average Bonchev–Trinajstić information content (AvgIpc) is 3.09. The number of fused-ring (bicyclic) bond motifs is 1. The molecule has 0 N–H and O–H groups in total. The van der Waals surface area contributed by atoms with E-state index in [-0.39, 0.29) is 5.91 Å². The highest BCUT2D eigenvalue weighted by molar-refractivity contribution is 5.86. The molecule has 0 radical (unpaired) electrons. The van der Waals surface area contributed by atoms with Crippen molar-refractivity contribution in [2.24, 2.45) is 7.05 Å². The van der Waals surface area contributed by atoms with Crippen molar-refractivity contribution in [1.29, 1.82) is 0 Å². The number of anilines is 1. The third-order valence-corrected chi connectivity index (χ3v) is 5.19. The third-order valence-electron chi connectivity index (χ3n) is 5.19. The molecule has 1 amide bonds. The molecule has 3 heterocycles. The molecular weight excluding hydrogens is 340 g/mol. The van der Waals surface area contributed by atoms with Crippen LogP contribution in [-0.2, 0) is 18.3 Å². The monoisotopic (exact) mass is 364 g/mol. The Morgan fingerprint density at radius 1 is 1.07 bits per heavy atom. The minimum absolute atomic E-state index is 0.226. The Morgan fingerprint density at radius 3 is 2.56 bits per heavy atom. The maximum absolute atomic E-state index is 12.6. The SMILES string of the molecule is Cc1ccc(CCC(=O)N2CCN(c3ncnc4c3cnn4C)CC2)cc1. The Morgan fingerprint density at radius 2 is 1.81 bits per heavy atom. The molecule has 0 saturated carbocycles. The van der Waals surface area contributed by atoms with E-state index in [0.717, 1.165) is 49.5 Å². The smallest absolute Gasteiger partial charge is 0.223 e. The molecule has 7 nitrogen and oxygen atoms in total. The first-order valence-corrected chi connectivity index (χ1v) is 9.33. The van der Waals surface area contributed by atoms with Crippen LogP contribution < -0.4 is 4.90 Å². The number of hydrogen-bond acceptors (Lipinski definition) is 5. The van der Waals surface area contributed by atoms with Gasteiger partial charge < -0.3 is 9.80 Å². The molecule has 0 unspecified atom stereocenters. The van der Waals surface area contributed by atoms with Crippen molar-refractivity contribution >= 4 is 22.8 Å². The molecule has 1 aromatic carbocycles. The van der Waals surface area contributed by atoms with Crippen molar-refractivity contribution < 1.29 is 4.79 Å². The van der Waals surface area contributed by atoms with E-state index in [1.165, 1.54) is 11.1 Å². The maximum atomic E-state index is 12.6. The van der Waals surface area contributed by atoms with Gasteiger partial charge in [0, 0.05) is 39.6 Å². The van der Waals surface area contributed by atoms with E-state index in [1.54, 1.807) is 11.0 Å². The zero-order chi connectivity index (χ0) is 18.8. The van der Waals surface area contributed by atoms with Crippen LogP contribution in [0.15, 0.2) is 36.8 Å². The summed E-state index contributed by atoms with van der Waals surface area (Å²) in [6.45, 7) is 5.07. The fourth-order valence-electron chi connectivity index (χ4n) is 3.53. The number of aryl methyl sites for hydroxylation is 3. The van der Waals surface area contributed by atoms with Crippen molar-refractivity contribution in [1.82, 2.24) is 24.6 Å². The van der Waals surface area contributed by atoms with Gasteiger partial charge in [0.1, 0.15) is 12.1 Å². The lowest BCUT2D eigenvalue weighted by atomic mass is 10.1. The summed E-state index contributed by atoms with van der Waals surface area (Å²) in [7, 11) is 1.88. The van der Waals surface area contributed by atoms with E-state index in [1.807, 2.05) is 18.1 Å². The summed E-state index contributed by atoms with van der Waals surface area (Å²) in [5.74, 6) is 1.13. The number of piperazine rings is 1. The van der Waals surface area contributed by atoms with Crippen molar-refractivity contribution in [2.45, 2.75) is 19.8 Å². The average molecular weight is 364 g/mol. The topological polar surface area (TPSA) is 67.2 Å². The number of benzene rings is 1. The number of rotatable bonds is 4. The van der Waals surface area contributed by atoms with Crippen LogP contribution in [-0.4, -0.2) is 56.7 Å². The highest BCUT2D eigenvalue weighted by Gasteiger charge is 2.23. The van der Waals surface area contributed by atoms with Crippen LogP contribution >= 0.6 is 0 Å². The molecule has 4 rings (SSSR count). The summed E-state index contributed by atoms with van der Waals surface area (Å²) >= 11 is 0. The van der Waals surface area contributed by atoms with Crippen LogP contribution in [0.25, 0.3) is 11.0 Å². The fourth-order valence-corrected chi connectivity index (χ4v) is 3.53. The summed E-state index contributed by atoms with van der Waals surface area (Å²) in [5, 5.41) is 5.23. The highest BCUT2D eigenvalue weighted by Crippen LogP contribution is 2.23. The van der Waals surface area contributed by atoms with E-state index >= 15 is 0 Å². The van der Waals surface area contributed by atoms with Crippen LogP contribution in [0.3, 0.4) is 0 Å². The predicted molar refractivity (Wildman–Crippen MR) is 105 cm³/mol. The summed E-state index contributed by atoms with van der Waals surface area (Å²) in [6.07, 6.45) is 4.74. The minimum Gasteiger partial charge on any atom is -0.352 e. The molecule has 1 aliphatic heterocycles. The van der Waals surface area contributed by atoms with E-state index < -0.39 is 0 Å². The number of hydrogen-bond donors (Lipinski definition) is 0. The summed E-state index contributed by atoms with van der Waals surface area (Å²) in [6, 6.07) is 8.41. The Bertz CT molecular complexity index is 941. The van der Waals surface area contributed by atoms with Crippen LogP contribution in [0.4, 0.5) is 5.82 Å². The zero-order valence-electron chi connectivity index (χ0n) is 15.8. The molecule has 0 bridgehead atoms. The van der Waals surface area contributed by atoms with Crippen molar-refractivity contribution in [3.63, 3.8) is 0 Å². The number of nitrogens with zero attached hydrogens (tertiary/aromatic N) is 6. The number of carbonyl (C=O) groups is 1. The maximum Gasteiger partial charge on any atom is 0.223 e. The molecule has 0 spiro atoms. The lowest BCUT2D eigenvalue weighted by Gasteiger charge is -2.35. The molecular formula is C20H24N6O. The molecule has 0 atom stereocenters. The van der Waals surface area contributed by atoms with Crippen molar-refractivity contribution in [3.05, 3.63) is 47.9 Å². The first kappa shape index (κ1) is 17.5. The van der Waals surface area contributed by atoms with E-state index in [0.29, 0.717) is 6.42 Å². The molecule has 1 saturated heterocycles. The van der Waals surface area contributed by atoms with E-state index in [9.17, 15) is 4.79 Å². The van der Waals surface area contributed by atoms with Gasteiger partial charge in [0.05, 0.1) is 11.6 Å². The second-order valence-corrected chi connectivity index (χ2v) is 7.06. The van der Waals surface area contributed by atoms with Crippen LogP contribution in [0.2, 0.25) is 0 Å². The predicted octanol–water partition coefficient (Wildman–Crippen LogP) is 1.95. The summed E-state index contributed by atoms with van der Waals surface area (Å²) < 4.78 is 1.76. The lowest BCUT2D eigenvalue weighted by Crippen LogP contribution is -2.49. The summed E-state index contributed by atoms with van der Waals surface area (Å²) in [5.41, 5.74) is 3.29. The van der Waals surface area contributed by atoms with Gasteiger partial charge >= 0.3 is 0 Å². The molecule has 27 heavy (non-hydrogen) atoms. The largest absolute Gasteiger partial charge is 0.352 e. The Hall–Kier alpha value is -2.96. The number of amides is 1. The second-order valence-electron chi connectivity index (χ2n) is 7.06. The number of aromatic nitrogens is 4. The highest BCUT2D eigenvalue weighted by atomic mass is 16.2. The van der Waals surface area contributed by atoms with Gasteiger partial charge in [-0.3, -0.25) is 9.48 Å².